The minimum Gasteiger partial charge on any atom is -0.329 e. The number of benzene rings is 2. The quantitative estimate of drug-likeness (QED) is 0.721. The first-order valence-corrected chi connectivity index (χ1v) is 9.76. The second kappa shape index (κ2) is 9.47. The van der Waals surface area contributed by atoms with E-state index >= 15 is 0 Å². The Hall–Kier alpha value is -2.46. The number of Topliss-reactive ketones (excluding diaryl/α,β-unsaturated/α-hetero) is 1. The number of hydrogen-bond acceptors (Lipinski definition) is 3. The Morgan fingerprint density at radius 3 is 2.41 bits per heavy atom. The van der Waals surface area contributed by atoms with Crippen LogP contribution in [0.15, 0.2) is 60.7 Å². The predicted molar refractivity (Wildman–Crippen MR) is 108 cm³/mol. The Morgan fingerprint density at radius 1 is 1.04 bits per heavy atom. The third-order valence-electron chi connectivity index (χ3n) is 5.18. The van der Waals surface area contributed by atoms with Gasteiger partial charge in [0.25, 0.3) is 5.91 Å². The van der Waals surface area contributed by atoms with Crippen molar-refractivity contribution >= 4 is 11.7 Å². The number of rotatable bonds is 8. The summed E-state index contributed by atoms with van der Waals surface area (Å²) in [6, 6.07) is 19.4. The fraction of sp³-hybridized carbons (Fsp3) is 0.391. The first-order chi connectivity index (χ1) is 13.1. The van der Waals surface area contributed by atoms with Gasteiger partial charge in [-0.2, -0.15) is 0 Å². The van der Waals surface area contributed by atoms with Crippen molar-refractivity contribution in [3.05, 3.63) is 71.8 Å². The van der Waals surface area contributed by atoms with Gasteiger partial charge in [-0.1, -0.05) is 48.5 Å². The average molecular weight is 364 g/mol. The van der Waals surface area contributed by atoms with Crippen LogP contribution < -0.4 is 0 Å². The lowest BCUT2D eigenvalue weighted by atomic mass is 10.1. The van der Waals surface area contributed by atoms with Crippen molar-refractivity contribution in [3.63, 3.8) is 0 Å². The van der Waals surface area contributed by atoms with E-state index in [2.05, 4.69) is 29.2 Å². The maximum atomic E-state index is 12.8. The molecule has 0 radical (unpaired) electrons. The van der Waals surface area contributed by atoms with Crippen LogP contribution in [0.2, 0.25) is 0 Å². The summed E-state index contributed by atoms with van der Waals surface area (Å²) < 4.78 is 0. The van der Waals surface area contributed by atoms with Crippen LogP contribution in [0.4, 0.5) is 0 Å². The molecule has 0 N–H and O–H groups in total. The zero-order valence-electron chi connectivity index (χ0n) is 16.0. The maximum Gasteiger partial charge on any atom is 0.254 e. The molecule has 0 saturated carbocycles. The number of nitrogens with zero attached hydrogens (tertiary/aromatic N) is 2. The highest BCUT2D eigenvalue weighted by Gasteiger charge is 2.34. The van der Waals surface area contributed by atoms with E-state index in [1.165, 1.54) is 5.56 Å². The Labute approximate surface area is 161 Å². The number of likely N-dealkylation sites (tertiary alicyclic amines) is 1. The van der Waals surface area contributed by atoms with Crippen LogP contribution in [0, 0.1) is 0 Å². The van der Waals surface area contributed by atoms with E-state index in [-0.39, 0.29) is 17.7 Å². The van der Waals surface area contributed by atoms with Gasteiger partial charge in [-0.15, -0.1) is 0 Å². The van der Waals surface area contributed by atoms with Crippen molar-refractivity contribution < 1.29 is 9.59 Å². The SMILES string of the molecule is CN(CCCc1ccccc1)CC(=O)[C@@H]1CCCN1C(=O)c1ccccc1. The molecule has 0 aromatic heterocycles. The standard InChI is InChI=1S/C23H28N2O2/c1-24(16-8-12-19-10-4-2-5-11-19)18-22(26)21-15-9-17-25(21)23(27)20-13-6-3-7-14-20/h2-7,10-11,13-14,21H,8-9,12,15-18H2,1H3/t21-/m0/s1. The number of aryl methyl sites for hydroxylation is 1. The van der Waals surface area contributed by atoms with Gasteiger partial charge >= 0.3 is 0 Å². The molecule has 0 spiro atoms. The summed E-state index contributed by atoms with van der Waals surface area (Å²) in [5, 5.41) is 0. The van der Waals surface area contributed by atoms with E-state index in [4.69, 9.17) is 0 Å². The minimum absolute atomic E-state index is 0.0295. The van der Waals surface area contributed by atoms with Gasteiger partial charge in [-0.3, -0.25) is 14.5 Å². The Balaban J connectivity index is 1.49. The number of ketones is 1. The smallest absolute Gasteiger partial charge is 0.254 e. The van der Waals surface area contributed by atoms with Crippen LogP contribution >= 0.6 is 0 Å². The number of amides is 1. The highest BCUT2D eigenvalue weighted by atomic mass is 16.2. The maximum absolute atomic E-state index is 12.8. The van der Waals surface area contributed by atoms with Gasteiger partial charge in [0.05, 0.1) is 12.6 Å². The van der Waals surface area contributed by atoms with Gasteiger partial charge in [0.1, 0.15) is 0 Å². The number of likely N-dealkylation sites (N-methyl/N-ethyl adjacent to an activating group) is 1. The van der Waals surface area contributed by atoms with Gasteiger partial charge in [0.2, 0.25) is 0 Å². The van der Waals surface area contributed by atoms with Crippen molar-refractivity contribution in [2.45, 2.75) is 31.7 Å². The van der Waals surface area contributed by atoms with Crippen molar-refractivity contribution in [3.8, 4) is 0 Å². The molecule has 1 heterocycles. The molecule has 1 saturated heterocycles. The summed E-state index contributed by atoms with van der Waals surface area (Å²) in [5.74, 6) is 0.122. The molecule has 1 aliphatic rings. The van der Waals surface area contributed by atoms with Gasteiger partial charge in [-0.05, 0) is 57.0 Å². The molecule has 1 amide bonds. The van der Waals surface area contributed by atoms with Gasteiger partial charge in [-0.25, -0.2) is 0 Å². The Bertz CT molecular complexity index is 745. The van der Waals surface area contributed by atoms with Crippen LogP contribution in [0.25, 0.3) is 0 Å². The third kappa shape index (κ3) is 5.27. The lowest BCUT2D eigenvalue weighted by Crippen LogP contribution is -2.44. The van der Waals surface area contributed by atoms with Crippen LogP contribution in [-0.2, 0) is 11.2 Å². The zero-order valence-corrected chi connectivity index (χ0v) is 16.0. The van der Waals surface area contributed by atoms with Crippen LogP contribution in [0.3, 0.4) is 0 Å². The average Bonchev–Trinajstić information content (AvgIpc) is 3.19. The molecule has 3 rings (SSSR count). The van der Waals surface area contributed by atoms with Crippen LogP contribution in [0.5, 0.6) is 0 Å². The minimum atomic E-state index is -0.283. The molecular weight excluding hydrogens is 336 g/mol. The zero-order chi connectivity index (χ0) is 19.1. The fourth-order valence-electron chi connectivity index (χ4n) is 3.74. The number of carbonyl (C=O) groups excluding carboxylic acids is 2. The summed E-state index contributed by atoms with van der Waals surface area (Å²) >= 11 is 0. The largest absolute Gasteiger partial charge is 0.329 e. The summed E-state index contributed by atoms with van der Waals surface area (Å²) in [7, 11) is 1.99. The third-order valence-corrected chi connectivity index (χ3v) is 5.18. The Kier molecular flexibility index (Phi) is 6.77. The van der Waals surface area contributed by atoms with E-state index < -0.39 is 0 Å². The summed E-state index contributed by atoms with van der Waals surface area (Å²) in [6.07, 6.45) is 3.70. The molecule has 1 aliphatic heterocycles. The summed E-state index contributed by atoms with van der Waals surface area (Å²) in [5.41, 5.74) is 1.99. The van der Waals surface area contributed by atoms with Crippen molar-refractivity contribution in [2.24, 2.45) is 0 Å². The second-order valence-corrected chi connectivity index (χ2v) is 7.32. The molecule has 2 aromatic carbocycles. The van der Waals surface area contributed by atoms with E-state index in [1.54, 1.807) is 4.90 Å². The highest BCUT2D eigenvalue weighted by Crippen LogP contribution is 2.21. The lowest BCUT2D eigenvalue weighted by molar-refractivity contribution is -0.123. The van der Waals surface area contributed by atoms with Crippen molar-refractivity contribution in [1.82, 2.24) is 9.80 Å². The molecule has 0 unspecified atom stereocenters. The highest BCUT2D eigenvalue weighted by molar-refractivity contribution is 5.98. The Morgan fingerprint density at radius 2 is 1.70 bits per heavy atom. The topological polar surface area (TPSA) is 40.6 Å². The summed E-state index contributed by atoms with van der Waals surface area (Å²) in [6.45, 7) is 1.94. The van der Waals surface area contributed by atoms with E-state index in [0.29, 0.717) is 18.7 Å². The lowest BCUT2D eigenvalue weighted by Gasteiger charge is -2.26. The van der Waals surface area contributed by atoms with Crippen LogP contribution in [-0.4, -0.2) is 54.2 Å². The molecule has 142 valence electrons. The number of carbonyl (C=O) groups is 2. The summed E-state index contributed by atoms with van der Waals surface area (Å²) in [4.78, 5) is 29.4. The molecule has 0 aliphatic carbocycles. The monoisotopic (exact) mass is 364 g/mol. The second-order valence-electron chi connectivity index (χ2n) is 7.32. The van der Waals surface area contributed by atoms with E-state index in [1.807, 2.05) is 43.4 Å². The molecule has 4 heteroatoms. The van der Waals surface area contributed by atoms with E-state index in [9.17, 15) is 9.59 Å². The van der Waals surface area contributed by atoms with E-state index in [0.717, 1.165) is 32.2 Å². The normalized spacial score (nSPS) is 16.7. The fourth-order valence-corrected chi connectivity index (χ4v) is 3.74. The van der Waals surface area contributed by atoms with Crippen molar-refractivity contribution in [1.29, 1.82) is 0 Å². The molecule has 27 heavy (non-hydrogen) atoms. The molecule has 0 bridgehead atoms. The van der Waals surface area contributed by atoms with Gasteiger partial charge < -0.3 is 4.90 Å². The molecular formula is C23H28N2O2. The predicted octanol–water partition coefficient (Wildman–Crippen LogP) is 3.42. The number of hydrogen-bond donors (Lipinski definition) is 0. The van der Waals surface area contributed by atoms with Crippen molar-refractivity contribution in [2.75, 3.05) is 26.7 Å². The van der Waals surface area contributed by atoms with Crippen LogP contribution in [0.1, 0.15) is 35.2 Å². The first-order valence-electron chi connectivity index (χ1n) is 9.76. The first kappa shape index (κ1) is 19.3. The molecule has 4 nitrogen and oxygen atoms in total. The van der Waals surface area contributed by atoms with Gasteiger partial charge in [0, 0.05) is 12.1 Å². The molecule has 1 atom stereocenters. The van der Waals surface area contributed by atoms with Gasteiger partial charge in [0.15, 0.2) is 5.78 Å². The molecule has 1 fully saturated rings. The molecule has 2 aromatic rings.